The highest BCUT2D eigenvalue weighted by atomic mass is 32.2. The highest BCUT2D eigenvalue weighted by Crippen LogP contribution is 2.26. The first-order valence-electron chi connectivity index (χ1n) is 11.8. The average molecular weight is 516 g/mol. The second-order valence-electron chi connectivity index (χ2n) is 8.62. The zero-order valence-corrected chi connectivity index (χ0v) is 20.8. The number of carbonyl (C=O) groups excluding carboxylic acids is 3. The number of aryl methyl sites for hydroxylation is 1. The molecule has 2 aliphatic heterocycles. The number of nitrogens with one attached hydrogen (secondary N) is 1. The molecule has 2 aliphatic rings. The summed E-state index contributed by atoms with van der Waals surface area (Å²) in [7, 11) is -3.63. The average Bonchev–Trinajstić information content (AvgIpc) is 3.29. The lowest BCUT2D eigenvalue weighted by atomic mass is 10.1. The van der Waals surface area contributed by atoms with Crippen molar-refractivity contribution in [2.75, 3.05) is 49.7 Å². The van der Waals surface area contributed by atoms with E-state index in [2.05, 4.69) is 5.32 Å². The van der Waals surface area contributed by atoms with Crippen LogP contribution in [0.2, 0.25) is 0 Å². The van der Waals surface area contributed by atoms with Gasteiger partial charge >= 0.3 is 5.97 Å². The van der Waals surface area contributed by atoms with Crippen LogP contribution in [0.5, 0.6) is 0 Å². The van der Waals surface area contributed by atoms with Crippen LogP contribution in [0.4, 0.5) is 11.4 Å². The van der Waals surface area contributed by atoms with Crippen molar-refractivity contribution in [2.45, 2.75) is 24.7 Å². The van der Waals surface area contributed by atoms with Crippen molar-refractivity contribution in [2.24, 2.45) is 5.92 Å². The first kappa shape index (κ1) is 25.8. The monoisotopic (exact) mass is 515 g/mol. The predicted octanol–water partition coefficient (Wildman–Crippen LogP) is 1.80. The van der Waals surface area contributed by atoms with Gasteiger partial charge in [-0.3, -0.25) is 14.4 Å². The smallest absolute Gasteiger partial charge is 0.311 e. The van der Waals surface area contributed by atoms with Gasteiger partial charge in [0, 0.05) is 37.4 Å². The number of amides is 2. The van der Waals surface area contributed by atoms with Gasteiger partial charge in [-0.05, 0) is 48.4 Å². The molecule has 192 valence electrons. The molecule has 2 aromatic rings. The van der Waals surface area contributed by atoms with Gasteiger partial charge in [0.05, 0.1) is 24.0 Å². The summed E-state index contributed by atoms with van der Waals surface area (Å²) >= 11 is 0. The Morgan fingerprint density at radius 2 is 1.72 bits per heavy atom. The first-order valence-corrected chi connectivity index (χ1v) is 13.3. The third-order valence-corrected chi connectivity index (χ3v) is 8.12. The fourth-order valence-corrected chi connectivity index (χ4v) is 5.53. The molecule has 10 nitrogen and oxygen atoms in total. The quantitative estimate of drug-likeness (QED) is 0.532. The molecule has 2 amide bonds. The van der Waals surface area contributed by atoms with Gasteiger partial charge in [-0.2, -0.15) is 4.31 Å². The SMILES string of the molecule is CCc1ccc(N2CC(C(=O)OCC(=O)Nc3ccc(S(=O)(=O)N4CCOCC4)cc3)CC2=O)cc1. The number of esters is 1. The van der Waals surface area contributed by atoms with Gasteiger partial charge in [0.15, 0.2) is 6.61 Å². The van der Waals surface area contributed by atoms with Gasteiger partial charge in [0.25, 0.3) is 5.91 Å². The minimum Gasteiger partial charge on any atom is -0.455 e. The van der Waals surface area contributed by atoms with Crippen LogP contribution in [-0.4, -0.2) is 70.0 Å². The summed E-state index contributed by atoms with van der Waals surface area (Å²) in [5.74, 6) is -2.00. The van der Waals surface area contributed by atoms with E-state index in [1.165, 1.54) is 28.6 Å². The van der Waals surface area contributed by atoms with E-state index < -0.39 is 34.4 Å². The van der Waals surface area contributed by atoms with Crippen LogP contribution in [0.25, 0.3) is 0 Å². The van der Waals surface area contributed by atoms with Crippen LogP contribution in [0, 0.1) is 5.92 Å². The lowest BCUT2D eigenvalue weighted by Crippen LogP contribution is -2.40. The molecule has 36 heavy (non-hydrogen) atoms. The summed E-state index contributed by atoms with van der Waals surface area (Å²) in [4.78, 5) is 38.8. The lowest BCUT2D eigenvalue weighted by Gasteiger charge is -2.26. The van der Waals surface area contributed by atoms with Crippen LogP contribution in [-0.2, 0) is 40.3 Å². The minimum atomic E-state index is -3.63. The normalized spacial score (nSPS) is 18.8. The molecular weight excluding hydrogens is 486 g/mol. The molecule has 2 aromatic carbocycles. The van der Waals surface area contributed by atoms with Crippen molar-refractivity contribution in [3.8, 4) is 0 Å². The topological polar surface area (TPSA) is 122 Å². The molecule has 0 radical (unpaired) electrons. The maximum atomic E-state index is 12.7. The number of carbonyl (C=O) groups is 3. The van der Waals surface area contributed by atoms with E-state index in [1.807, 2.05) is 31.2 Å². The summed E-state index contributed by atoms with van der Waals surface area (Å²) in [6, 6.07) is 13.4. The molecule has 11 heteroatoms. The van der Waals surface area contributed by atoms with Gasteiger partial charge in [0.2, 0.25) is 15.9 Å². The standard InChI is InChI=1S/C25H29N3O7S/c1-2-18-3-7-21(8-4-18)28-16-19(15-24(28)30)25(31)35-17-23(29)26-20-5-9-22(10-6-20)36(32,33)27-11-13-34-14-12-27/h3-10,19H,2,11-17H2,1H3,(H,26,29). The molecule has 1 N–H and O–H groups in total. The van der Waals surface area contributed by atoms with E-state index >= 15 is 0 Å². The number of sulfonamides is 1. The molecule has 0 bridgehead atoms. The Bertz CT molecular complexity index is 1210. The molecule has 2 heterocycles. The minimum absolute atomic E-state index is 0.0229. The Kier molecular flexibility index (Phi) is 8.02. The number of anilines is 2. The number of hydrogen-bond acceptors (Lipinski definition) is 7. The molecular formula is C25H29N3O7S. The Balaban J connectivity index is 1.27. The molecule has 0 aromatic heterocycles. The number of nitrogens with zero attached hydrogens (tertiary/aromatic N) is 2. The van der Waals surface area contributed by atoms with Crippen molar-refractivity contribution in [1.82, 2.24) is 4.31 Å². The Morgan fingerprint density at radius 3 is 2.36 bits per heavy atom. The number of ether oxygens (including phenoxy) is 2. The lowest BCUT2D eigenvalue weighted by molar-refractivity contribution is -0.151. The summed E-state index contributed by atoms with van der Waals surface area (Å²) in [5.41, 5.74) is 2.25. The molecule has 4 rings (SSSR count). The Hall–Kier alpha value is -3.28. The highest BCUT2D eigenvalue weighted by Gasteiger charge is 2.36. The Labute approximate surface area is 210 Å². The van der Waals surface area contributed by atoms with E-state index in [-0.39, 0.29) is 23.8 Å². The molecule has 0 spiro atoms. The van der Waals surface area contributed by atoms with E-state index in [0.717, 1.165) is 17.7 Å². The zero-order chi connectivity index (χ0) is 25.7. The van der Waals surface area contributed by atoms with Gasteiger partial charge in [-0.1, -0.05) is 19.1 Å². The van der Waals surface area contributed by atoms with E-state index in [9.17, 15) is 22.8 Å². The fourth-order valence-electron chi connectivity index (χ4n) is 4.12. The molecule has 0 saturated carbocycles. The molecule has 1 unspecified atom stereocenters. The zero-order valence-electron chi connectivity index (χ0n) is 20.0. The van der Waals surface area contributed by atoms with E-state index in [1.54, 1.807) is 4.90 Å². The van der Waals surface area contributed by atoms with Crippen LogP contribution in [0.1, 0.15) is 18.9 Å². The van der Waals surface area contributed by atoms with Crippen molar-refractivity contribution >= 4 is 39.2 Å². The third-order valence-electron chi connectivity index (χ3n) is 6.21. The maximum absolute atomic E-state index is 12.7. The van der Waals surface area contributed by atoms with Crippen molar-refractivity contribution in [3.63, 3.8) is 0 Å². The second kappa shape index (κ2) is 11.2. The van der Waals surface area contributed by atoms with Crippen molar-refractivity contribution in [1.29, 1.82) is 0 Å². The van der Waals surface area contributed by atoms with Crippen LogP contribution < -0.4 is 10.2 Å². The molecule has 2 saturated heterocycles. The van der Waals surface area contributed by atoms with Gasteiger partial charge in [-0.15, -0.1) is 0 Å². The maximum Gasteiger partial charge on any atom is 0.311 e. The second-order valence-corrected chi connectivity index (χ2v) is 10.6. The van der Waals surface area contributed by atoms with Gasteiger partial charge in [0.1, 0.15) is 0 Å². The van der Waals surface area contributed by atoms with E-state index in [0.29, 0.717) is 32.0 Å². The number of morpholine rings is 1. The number of rotatable bonds is 8. The fraction of sp³-hybridized carbons (Fsp3) is 0.400. The molecule has 2 fully saturated rings. The van der Waals surface area contributed by atoms with Crippen molar-refractivity contribution < 1.29 is 32.3 Å². The number of benzene rings is 2. The molecule has 0 aliphatic carbocycles. The van der Waals surface area contributed by atoms with E-state index in [4.69, 9.17) is 9.47 Å². The highest BCUT2D eigenvalue weighted by molar-refractivity contribution is 7.89. The predicted molar refractivity (Wildman–Crippen MR) is 132 cm³/mol. The summed E-state index contributed by atoms with van der Waals surface area (Å²) < 4.78 is 37.1. The van der Waals surface area contributed by atoms with Gasteiger partial charge < -0.3 is 19.7 Å². The summed E-state index contributed by atoms with van der Waals surface area (Å²) in [6.07, 6.45) is 0.915. The number of hydrogen-bond donors (Lipinski definition) is 1. The van der Waals surface area contributed by atoms with Crippen molar-refractivity contribution in [3.05, 3.63) is 54.1 Å². The Morgan fingerprint density at radius 1 is 1.06 bits per heavy atom. The summed E-state index contributed by atoms with van der Waals surface area (Å²) in [5, 5.41) is 2.58. The van der Waals surface area contributed by atoms with Crippen LogP contribution in [0.3, 0.4) is 0 Å². The molecule has 1 atom stereocenters. The largest absolute Gasteiger partial charge is 0.455 e. The van der Waals surface area contributed by atoms with Crippen LogP contribution in [0.15, 0.2) is 53.4 Å². The third kappa shape index (κ3) is 5.92. The van der Waals surface area contributed by atoms with Gasteiger partial charge in [-0.25, -0.2) is 8.42 Å². The first-order chi connectivity index (χ1) is 17.3. The van der Waals surface area contributed by atoms with Crippen LogP contribution >= 0.6 is 0 Å². The summed E-state index contributed by atoms with van der Waals surface area (Å²) in [6.45, 7) is 3.02.